The highest BCUT2D eigenvalue weighted by molar-refractivity contribution is 7.10. The van der Waals surface area contributed by atoms with Crippen molar-refractivity contribution in [3.05, 3.63) is 52.0 Å². The fraction of sp³-hybridized carbons (Fsp3) is 0.214. The topological polar surface area (TPSA) is 46.3 Å². The van der Waals surface area contributed by atoms with Crippen molar-refractivity contribution in [1.29, 1.82) is 0 Å². The lowest BCUT2D eigenvalue weighted by Gasteiger charge is -2.24. The maximum atomic E-state index is 13.7. The number of nitrogens with two attached hydrogens (primary N) is 1. The molecule has 2 N–H and O–H groups in total. The summed E-state index contributed by atoms with van der Waals surface area (Å²) < 4.78 is 13.7. The van der Waals surface area contributed by atoms with Crippen LogP contribution >= 0.6 is 11.3 Å². The summed E-state index contributed by atoms with van der Waals surface area (Å²) in [6, 6.07) is 7.91. The third-order valence-corrected chi connectivity index (χ3v) is 4.12. The van der Waals surface area contributed by atoms with Gasteiger partial charge in [-0.15, -0.1) is 11.3 Å². The molecule has 3 nitrogen and oxygen atoms in total. The molecule has 1 amide bonds. The van der Waals surface area contributed by atoms with Crippen LogP contribution in [0.2, 0.25) is 0 Å². The number of amides is 1. The summed E-state index contributed by atoms with van der Waals surface area (Å²) in [5.74, 6) is -0.936. The molecule has 1 heterocycles. The van der Waals surface area contributed by atoms with Crippen LogP contribution in [0, 0.1) is 5.82 Å². The molecule has 1 aromatic heterocycles. The van der Waals surface area contributed by atoms with Gasteiger partial charge in [-0.05, 0) is 36.6 Å². The van der Waals surface area contributed by atoms with Gasteiger partial charge in [0.05, 0.1) is 11.6 Å². The Kier molecular flexibility index (Phi) is 3.85. The Morgan fingerprint density at radius 1 is 1.42 bits per heavy atom. The Morgan fingerprint density at radius 2 is 2.16 bits per heavy atom. The Bertz CT molecular complexity index is 583. The van der Waals surface area contributed by atoms with Gasteiger partial charge in [0.15, 0.2) is 0 Å². The van der Waals surface area contributed by atoms with Crippen molar-refractivity contribution >= 4 is 22.9 Å². The van der Waals surface area contributed by atoms with Crippen molar-refractivity contribution in [3.8, 4) is 0 Å². The molecular weight excluding hydrogens is 263 g/mol. The van der Waals surface area contributed by atoms with Crippen LogP contribution in [-0.4, -0.2) is 17.9 Å². The molecule has 0 bridgehead atoms. The van der Waals surface area contributed by atoms with Crippen molar-refractivity contribution in [2.45, 2.75) is 13.0 Å². The van der Waals surface area contributed by atoms with Crippen molar-refractivity contribution in [2.75, 3.05) is 12.8 Å². The molecular formula is C14H15FN2OS. The lowest BCUT2D eigenvalue weighted by Crippen LogP contribution is -2.29. The smallest absolute Gasteiger partial charge is 0.257 e. The zero-order valence-corrected chi connectivity index (χ0v) is 11.6. The molecule has 0 aliphatic heterocycles. The molecule has 0 fully saturated rings. The highest BCUT2D eigenvalue weighted by Gasteiger charge is 2.22. The van der Waals surface area contributed by atoms with Gasteiger partial charge in [-0.1, -0.05) is 6.07 Å². The molecule has 1 atom stereocenters. The van der Waals surface area contributed by atoms with Gasteiger partial charge in [-0.3, -0.25) is 4.79 Å². The lowest BCUT2D eigenvalue weighted by atomic mass is 10.1. The Labute approximate surface area is 115 Å². The number of nitrogens with zero attached hydrogens (tertiary/aromatic N) is 1. The van der Waals surface area contributed by atoms with Gasteiger partial charge < -0.3 is 10.6 Å². The number of halogens is 1. The summed E-state index contributed by atoms with van der Waals surface area (Å²) in [4.78, 5) is 14.9. The molecule has 0 aliphatic carbocycles. The molecule has 100 valence electrons. The minimum atomic E-state index is -0.588. The Morgan fingerprint density at radius 3 is 2.74 bits per heavy atom. The van der Waals surface area contributed by atoms with Crippen LogP contribution in [-0.2, 0) is 0 Å². The van der Waals surface area contributed by atoms with Gasteiger partial charge in [0.25, 0.3) is 5.91 Å². The van der Waals surface area contributed by atoms with Gasteiger partial charge in [-0.2, -0.15) is 0 Å². The van der Waals surface area contributed by atoms with Crippen molar-refractivity contribution < 1.29 is 9.18 Å². The monoisotopic (exact) mass is 278 g/mol. The SMILES string of the molecule is CC(c1cccs1)N(C)C(=O)c1ccc(N)cc1F. The summed E-state index contributed by atoms with van der Waals surface area (Å²) in [6.07, 6.45) is 0. The quantitative estimate of drug-likeness (QED) is 0.876. The zero-order valence-electron chi connectivity index (χ0n) is 10.8. The summed E-state index contributed by atoms with van der Waals surface area (Å²) in [7, 11) is 1.67. The first kappa shape index (κ1) is 13.5. The number of benzene rings is 1. The third kappa shape index (κ3) is 2.76. The molecule has 2 rings (SSSR count). The normalized spacial score (nSPS) is 12.2. The maximum Gasteiger partial charge on any atom is 0.257 e. The van der Waals surface area contributed by atoms with E-state index in [0.29, 0.717) is 5.69 Å². The third-order valence-electron chi connectivity index (χ3n) is 3.08. The summed E-state index contributed by atoms with van der Waals surface area (Å²) in [6.45, 7) is 1.92. The Balaban J connectivity index is 2.24. The standard InChI is InChI=1S/C14H15FN2OS/c1-9(13-4-3-7-19-13)17(2)14(18)11-6-5-10(16)8-12(11)15/h3-9H,16H2,1-2H3. The van der Waals surface area contributed by atoms with Crippen molar-refractivity contribution in [3.63, 3.8) is 0 Å². The highest BCUT2D eigenvalue weighted by Crippen LogP contribution is 2.25. The van der Waals surface area contributed by atoms with Crippen LogP contribution in [0.1, 0.15) is 28.2 Å². The van der Waals surface area contributed by atoms with Gasteiger partial charge in [-0.25, -0.2) is 4.39 Å². The van der Waals surface area contributed by atoms with Crippen LogP contribution in [0.15, 0.2) is 35.7 Å². The number of anilines is 1. The van der Waals surface area contributed by atoms with E-state index in [0.717, 1.165) is 10.9 Å². The van der Waals surface area contributed by atoms with E-state index in [4.69, 9.17) is 5.73 Å². The molecule has 0 radical (unpaired) electrons. The minimum absolute atomic E-state index is 0.0418. The van der Waals surface area contributed by atoms with E-state index in [1.807, 2.05) is 24.4 Å². The van der Waals surface area contributed by atoms with Crippen LogP contribution in [0.3, 0.4) is 0 Å². The zero-order chi connectivity index (χ0) is 14.0. The van der Waals surface area contributed by atoms with Gasteiger partial charge in [0.2, 0.25) is 0 Å². The molecule has 0 saturated heterocycles. The van der Waals surface area contributed by atoms with Crippen molar-refractivity contribution in [1.82, 2.24) is 4.90 Å². The van der Waals surface area contributed by atoms with E-state index < -0.39 is 5.82 Å². The molecule has 19 heavy (non-hydrogen) atoms. The Hall–Kier alpha value is -1.88. The second-order valence-electron chi connectivity index (χ2n) is 4.35. The number of carbonyl (C=O) groups excluding carboxylic acids is 1. The summed E-state index contributed by atoms with van der Waals surface area (Å²) >= 11 is 1.57. The second-order valence-corrected chi connectivity index (χ2v) is 5.33. The molecule has 0 spiro atoms. The largest absolute Gasteiger partial charge is 0.399 e. The first-order valence-corrected chi connectivity index (χ1v) is 6.74. The van der Waals surface area contributed by atoms with E-state index in [1.54, 1.807) is 18.4 Å². The predicted octanol–water partition coefficient (Wildman–Crippen LogP) is 3.30. The molecule has 0 aliphatic rings. The average molecular weight is 278 g/mol. The first-order chi connectivity index (χ1) is 9.00. The van der Waals surface area contributed by atoms with E-state index in [2.05, 4.69) is 0 Å². The number of carbonyl (C=O) groups is 1. The predicted molar refractivity (Wildman–Crippen MR) is 75.6 cm³/mol. The van der Waals surface area contributed by atoms with Gasteiger partial charge >= 0.3 is 0 Å². The summed E-state index contributed by atoms with van der Waals surface area (Å²) in [5, 5.41) is 1.95. The van der Waals surface area contributed by atoms with Gasteiger partial charge in [0, 0.05) is 17.6 Å². The highest BCUT2D eigenvalue weighted by atomic mass is 32.1. The second kappa shape index (κ2) is 5.40. The average Bonchev–Trinajstić information content (AvgIpc) is 2.90. The molecule has 2 aromatic rings. The fourth-order valence-corrected chi connectivity index (χ4v) is 2.62. The number of hydrogen-bond donors (Lipinski definition) is 1. The van der Waals surface area contributed by atoms with E-state index in [-0.39, 0.29) is 17.5 Å². The van der Waals surface area contributed by atoms with Crippen LogP contribution in [0.25, 0.3) is 0 Å². The van der Waals surface area contributed by atoms with Crippen LogP contribution in [0.4, 0.5) is 10.1 Å². The molecule has 5 heteroatoms. The number of nitrogen functional groups attached to an aromatic ring is 1. The van der Waals surface area contributed by atoms with Crippen LogP contribution < -0.4 is 5.73 Å². The lowest BCUT2D eigenvalue weighted by molar-refractivity contribution is 0.0740. The molecule has 1 aromatic carbocycles. The molecule has 0 saturated carbocycles. The van der Waals surface area contributed by atoms with E-state index in [1.165, 1.54) is 17.0 Å². The van der Waals surface area contributed by atoms with Gasteiger partial charge in [0.1, 0.15) is 5.82 Å². The van der Waals surface area contributed by atoms with Crippen molar-refractivity contribution in [2.24, 2.45) is 0 Å². The number of thiophene rings is 1. The molecule has 1 unspecified atom stereocenters. The minimum Gasteiger partial charge on any atom is -0.399 e. The number of hydrogen-bond acceptors (Lipinski definition) is 3. The van der Waals surface area contributed by atoms with E-state index in [9.17, 15) is 9.18 Å². The maximum absolute atomic E-state index is 13.7. The van der Waals surface area contributed by atoms with E-state index >= 15 is 0 Å². The first-order valence-electron chi connectivity index (χ1n) is 5.86. The fourth-order valence-electron chi connectivity index (χ4n) is 1.79. The van der Waals surface area contributed by atoms with Crippen LogP contribution in [0.5, 0.6) is 0 Å². The summed E-state index contributed by atoms with van der Waals surface area (Å²) in [5.41, 5.74) is 5.83. The number of rotatable bonds is 3.